The third-order valence-electron chi connectivity index (χ3n) is 2.85. The van der Waals surface area contributed by atoms with Crippen molar-refractivity contribution in [3.63, 3.8) is 0 Å². The Labute approximate surface area is 116 Å². The molecule has 0 aromatic heterocycles. The first kappa shape index (κ1) is 15.3. The summed E-state index contributed by atoms with van der Waals surface area (Å²) in [5, 5.41) is 3.23. The smallest absolute Gasteiger partial charge is 0.153 e. The van der Waals surface area contributed by atoms with Crippen LogP contribution in [0.5, 0.6) is 0 Å². The highest BCUT2D eigenvalue weighted by Crippen LogP contribution is 2.26. The van der Waals surface area contributed by atoms with E-state index in [2.05, 4.69) is 17.9 Å². The Morgan fingerprint density at radius 2 is 1.67 bits per heavy atom. The van der Waals surface area contributed by atoms with Gasteiger partial charge < -0.3 is 5.32 Å². The largest absolute Gasteiger partial charge is 0.304 e. The molecule has 0 bridgehead atoms. The van der Waals surface area contributed by atoms with E-state index in [1.165, 1.54) is 0 Å². The van der Waals surface area contributed by atoms with Crippen molar-refractivity contribution in [3.05, 3.63) is 35.9 Å². The number of carbonyl (C=O) groups is 1. The van der Waals surface area contributed by atoms with Crippen LogP contribution in [0.1, 0.15) is 38.5 Å². The van der Waals surface area contributed by atoms with E-state index in [0.29, 0.717) is 0 Å². The van der Waals surface area contributed by atoms with Crippen molar-refractivity contribution in [2.24, 2.45) is 5.92 Å². The maximum atomic E-state index is 12.3. The van der Waals surface area contributed by atoms with E-state index in [-0.39, 0.29) is 29.0 Å². The number of hydrogen-bond acceptors (Lipinski definition) is 3. The second-order valence-electron chi connectivity index (χ2n) is 5.21. The molecule has 0 radical (unpaired) electrons. The van der Waals surface area contributed by atoms with Crippen molar-refractivity contribution in [3.8, 4) is 0 Å². The average molecular weight is 265 g/mol. The summed E-state index contributed by atoms with van der Waals surface area (Å²) in [5.74, 6) is 0.229. The summed E-state index contributed by atoms with van der Waals surface area (Å²) in [6.45, 7) is 7.96. The number of thiol groups is 1. The van der Waals surface area contributed by atoms with Gasteiger partial charge in [-0.05, 0) is 5.56 Å². The minimum absolute atomic E-state index is 0.0135. The molecule has 3 heteroatoms. The molecular formula is C15H23NOS. The first-order valence-corrected chi connectivity index (χ1v) is 6.98. The lowest BCUT2D eigenvalue weighted by Crippen LogP contribution is -2.45. The zero-order chi connectivity index (χ0) is 13.7. The molecule has 2 atom stereocenters. The fourth-order valence-electron chi connectivity index (χ4n) is 1.89. The molecule has 0 saturated heterocycles. The lowest BCUT2D eigenvalue weighted by molar-refractivity contribution is -0.124. The van der Waals surface area contributed by atoms with Crippen LogP contribution in [0.4, 0.5) is 0 Å². The number of rotatable bonds is 6. The fourth-order valence-corrected chi connectivity index (χ4v) is 2.29. The summed E-state index contributed by atoms with van der Waals surface area (Å²) >= 11 is 4.64. The zero-order valence-electron chi connectivity index (χ0n) is 11.6. The van der Waals surface area contributed by atoms with Gasteiger partial charge in [-0.25, -0.2) is 0 Å². The number of nitrogens with one attached hydrogen (secondary N) is 1. The molecule has 18 heavy (non-hydrogen) atoms. The molecule has 0 heterocycles. The normalized spacial score (nSPS) is 14.8. The number of carbonyl (C=O) groups excluding carboxylic acids is 1. The van der Waals surface area contributed by atoms with Crippen LogP contribution >= 0.6 is 12.6 Å². The van der Waals surface area contributed by atoms with Gasteiger partial charge in [0.15, 0.2) is 5.78 Å². The third-order valence-corrected chi connectivity index (χ3v) is 3.44. The lowest BCUT2D eigenvalue weighted by Gasteiger charge is -2.27. The van der Waals surface area contributed by atoms with Crippen molar-refractivity contribution in [1.82, 2.24) is 5.32 Å². The molecule has 1 N–H and O–H groups in total. The van der Waals surface area contributed by atoms with E-state index in [0.717, 1.165) is 5.56 Å². The predicted molar refractivity (Wildman–Crippen MR) is 80.1 cm³/mol. The van der Waals surface area contributed by atoms with Crippen molar-refractivity contribution in [1.29, 1.82) is 0 Å². The maximum Gasteiger partial charge on any atom is 0.153 e. The van der Waals surface area contributed by atoms with Gasteiger partial charge in [-0.2, -0.15) is 12.6 Å². The molecule has 0 aliphatic heterocycles. The molecule has 0 fully saturated rings. The molecule has 2 unspecified atom stereocenters. The van der Waals surface area contributed by atoms with Gasteiger partial charge in [0.05, 0.1) is 6.04 Å². The van der Waals surface area contributed by atoms with Crippen LogP contribution in [0.15, 0.2) is 30.3 Å². The number of hydrogen-bond donors (Lipinski definition) is 2. The van der Waals surface area contributed by atoms with Gasteiger partial charge in [-0.3, -0.25) is 4.79 Å². The summed E-state index contributed by atoms with van der Waals surface area (Å²) in [4.78, 5) is 12.3. The highest BCUT2D eigenvalue weighted by Gasteiger charge is 2.28. The highest BCUT2D eigenvalue weighted by molar-refractivity contribution is 7.80. The molecule has 2 nitrogen and oxygen atoms in total. The third kappa shape index (κ3) is 4.14. The van der Waals surface area contributed by atoms with Crippen molar-refractivity contribution in [2.75, 3.05) is 0 Å². The van der Waals surface area contributed by atoms with E-state index in [1.807, 2.05) is 58.0 Å². The second kappa shape index (κ2) is 6.95. The highest BCUT2D eigenvalue weighted by atomic mass is 32.1. The Hall–Kier alpha value is -0.800. The maximum absolute atomic E-state index is 12.3. The number of benzene rings is 1. The van der Waals surface area contributed by atoms with Crippen LogP contribution in [-0.2, 0) is 4.79 Å². The van der Waals surface area contributed by atoms with Crippen LogP contribution < -0.4 is 5.32 Å². The van der Waals surface area contributed by atoms with Crippen LogP contribution in [0.3, 0.4) is 0 Å². The lowest BCUT2D eigenvalue weighted by atomic mass is 9.94. The fraction of sp³-hybridized carbons (Fsp3) is 0.533. The van der Waals surface area contributed by atoms with Gasteiger partial charge in [0.1, 0.15) is 0 Å². The Balaban J connectivity index is 2.92. The minimum atomic E-state index is -0.240. The van der Waals surface area contributed by atoms with Gasteiger partial charge in [-0.1, -0.05) is 58.0 Å². The van der Waals surface area contributed by atoms with Gasteiger partial charge in [-0.15, -0.1) is 0 Å². The predicted octanol–water partition coefficient (Wildman–Crippen LogP) is 3.25. The van der Waals surface area contributed by atoms with Crippen LogP contribution in [0, 0.1) is 5.92 Å². The van der Waals surface area contributed by atoms with E-state index >= 15 is 0 Å². The van der Waals surface area contributed by atoms with Crippen molar-refractivity contribution >= 4 is 18.4 Å². The summed E-state index contributed by atoms with van der Waals surface area (Å²) in [5.41, 5.74) is 1.08. The number of Topliss-reactive ketones (excluding diaryl/α,β-unsaturated/α-hetero) is 1. The molecule has 0 aliphatic carbocycles. The van der Waals surface area contributed by atoms with E-state index in [9.17, 15) is 4.79 Å². The monoisotopic (exact) mass is 265 g/mol. The first-order chi connectivity index (χ1) is 8.43. The zero-order valence-corrected chi connectivity index (χ0v) is 12.4. The van der Waals surface area contributed by atoms with Gasteiger partial charge in [0.2, 0.25) is 0 Å². The molecule has 1 aromatic rings. The Kier molecular flexibility index (Phi) is 5.89. The SMILES string of the molecule is CC(C)NC(C(=O)C(C)C)C(S)c1ccccc1. The molecule has 0 aliphatic rings. The Bertz CT molecular complexity index is 375. The van der Waals surface area contributed by atoms with Crippen molar-refractivity contribution in [2.45, 2.75) is 45.0 Å². The molecule has 1 aromatic carbocycles. The van der Waals surface area contributed by atoms with Crippen molar-refractivity contribution < 1.29 is 4.79 Å². The summed E-state index contributed by atoms with van der Waals surface area (Å²) in [6.07, 6.45) is 0. The number of ketones is 1. The molecule has 0 amide bonds. The van der Waals surface area contributed by atoms with E-state index < -0.39 is 0 Å². The summed E-state index contributed by atoms with van der Waals surface area (Å²) in [7, 11) is 0. The quantitative estimate of drug-likeness (QED) is 0.773. The molecule has 100 valence electrons. The van der Waals surface area contributed by atoms with Crippen LogP contribution in [0.25, 0.3) is 0 Å². The van der Waals surface area contributed by atoms with Gasteiger partial charge in [0.25, 0.3) is 0 Å². The van der Waals surface area contributed by atoms with Crippen LogP contribution in [0.2, 0.25) is 0 Å². The summed E-state index contributed by atoms with van der Waals surface area (Å²) < 4.78 is 0. The molecular weight excluding hydrogens is 242 g/mol. The van der Waals surface area contributed by atoms with E-state index in [1.54, 1.807) is 0 Å². The Morgan fingerprint density at radius 1 is 1.11 bits per heavy atom. The standard InChI is InChI=1S/C15H23NOS/c1-10(2)14(17)13(16-11(3)4)15(18)12-8-6-5-7-9-12/h5-11,13,15-16,18H,1-4H3. The van der Waals surface area contributed by atoms with Crippen LogP contribution in [-0.4, -0.2) is 17.9 Å². The van der Waals surface area contributed by atoms with E-state index in [4.69, 9.17) is 0 Å². The van der Waals surface area contributed by atoms with Gasteiger partial charge >= 0.3 is 0 Å². The summed E-state index contributed by atoms with van der Waals surface area (Å²) in [6, 6.07) is 9.97. The average Bonchev–Trinajstić information content (AvgIpc) is 2.35. The molecule has 1 rings (SSSR count). The first-order valence-electron chi connectivity index (χ1n) is 6.46. The molecule has 0 spiro atoms. The minimum Gasteiger partial charge on any atom is -0.304 e. The topological polar surface area (TPSA) is 29.1 Å². The van der Waals surface area contributed by atoms with Gasteiger partial charge in [0, 0.05) is 17.2 Å². The second-order valence-corrected chi connectivity index (χ2v) is 5.77. The molecule has 0 saturated carbocycles. The Morgan fingerprint density at radius 3 is 2.11 bits per heavy atom.